The lowest BCUT2D eigenvalue weighted by atomic mass is 10.0. The molecule has 0 radical (unpaired) electrons. The fraction of sp³-hybridized carbons (Fsp3) is 0.429. The summed E-state index contributed by atoms with van der Waals surface area (Å²) < 4.78 is 0. The van der Waals surface area contributed by atoms with E-state index in [1.165, 1.54) is 4.90 Å². The predicted octanol–water partition coefficient (Wildman–Crippen LogP) is 1.01. The number of nitrogens with two attached hydrogens (primary N) is 1. The van der Waals surface area contributed by atoms with E-state index in [9.17, 15) is 14.7 Å². The van der Waals surface area contributed by atoms with E-state index in [0.717, 1.165) is 5.56 Å². The zero-order valence-corrected chi connectivity index (χ0v) is 11.0. The maximum absolute atomic E-state index is 12.4. The lowest BCUT2D eigenvalue weighted by molar-refractivity contribution is -0.140. The molecule has 102 valence electrons. The minimum atomic E-state index is -1.000. The summed E-state index contributed by atoms with van der Waals surface area (Å²) >= 11 is 0. The topological polar surface area (TPSA) is 83.6 Å². The number of carbonyl (C=O) groups excluding carboxylic acids is 1. The molecule has 5 nitrogen and oxygen atoms in total. The van der Waals surface area contributed by atoms with Gasteiger partial charge in [-0.05, 0) is 17.5 Å². The number of anilines is 1. The number of hydrogen-bond acceptors (Lipinski definition) is 3. The second-order valence-electron chi connectivity index (χ2n) is 5.16. The lowest BCUT2D eigenvalue weighted by Gasteiger charge is -2.27. The maximum atomic E-state index is 12.4. The first kappa shape index (κ1) is 13.5. The van der Waals surface area contributed by atoms with Crippen LogP contribution in [0.15, 0.2) is 24.3 Å². The molecule has 0 aliphatic carbocycles. The fourth-order valence-electron chi connectivity index (χ4n) is 2.30. The quantitative estimate of drug-likeness (QED) is 0.851. The number of carboxylic acid groups (broad SMARTS) is 1. The van der Waals surface area contributed by atoms with Gasteiger partial charge in [0, 0.05) is 12.1 Å². The van der Waals surface area contributed by atoms with Crippen LogP contribution in [-0.2, 0) is 16.0 Å². The molecule has 0 fully saturated rings. The van der Waals surface area contributed by atoms with Crippen LogP contribution in [-0.4, -0.2) is 29.1 Å². The van der Waals surface area contributed by atoms with Gasteiger partial charge in [0.25, 0.3) is 0 Å². The first-order valence-corrected chi connectivity index (χ1v) is 6.33. The van der Waals surface area contributed by atoms with Crippen molar-refractivity contribution in [3.8, 4) is 0 Å². The zero-order chi connectivity index (χ0) is 14.2. The summed E-state index contributed by atoms with van der Waals surface area (Å²) in [5.74, 6) is -1.36. The predicted molar refractivity (Wildman–Crippen MR) is 71.9 cm³/mol. The maximum Gasteiger partial charge on any atom is 0.327 e. The summed E-state index contributed by atoms with van der Waals surface area (Å²) in [5.41, 5.74) is 7.41. The average Bonchev–Trinajstić information content (AvgIpc) is 2.76. The summed E-state index contributed by atoms with van der Waals surface area (Å²) in [6.07, 6.45) is 0.335. The molecule has 19 heavy (non-hydrogen) atoms. The number of benzene rings is 1. The highest BCUT2D eigenvalue weighted by molar-refractivity contribution is 6.04. The second kappa shape index (κ2) is 5.01. The third-order valence-electron chi connectivity index (χ3n) is 3.50. The summed E-state index contributed by atoms with van der Waals surface area (Å²) in [6, 6.07) is 5.71. The highest BCUT2D eigenvalue weighted by atomic mass is 16.4. The van der Waals surface area contributed by atoms with E-state index < -0.39 is 18.1 Å². The normalized spacial score (nSPS) is 19.4. The zero-order valence-electron chi connectivity index (χ0n) is 11.0. The summed E-state index contributed by atoms with van der Waals surface area (Å²) in [5, 5.41) is 9.29. The Morgan fingerprint density at radius 2 is 2.00 bits per heavy atom. The molecule has 0 saturated heterocycles. The van der Waals surface area contributed by atoms with Gasteiger partial charge in [-0.2, -0.15) is 0 Å². The van der Waals surface area contributed by atoms with Crippen LogP contribution in [0.2, 0.25) is 0 Å². The molecule has 1 aliphatic rings. The molecule has 0 aromatic heterocycles. The van der Waals surface area contributed by atoms with Gasteiger partial charge >= 0.3 is 5.97 Å². The van der Waals surface area contributed by atoms with Gasteiger partial charge in [-0.3, -0.25) is 9.69 Å². The molecule has 3 N–H and O–H groups in total. The Morgan fingerprint density at radius 1 is 1.37 bits per heavy atom. The van der Waals surface area contributed by atoms with Gasteiger partial charge in [0.05, 0.1) is 6.04 Å². The third-order valence-corrected chi connectivity index (χ3v) is 3.50. The number of nitrogens with zero attached hydrogens (tertiary/aromatic N) is 1. The Morgan fingerprint density at radius 3 is 2.58 bits per heavy atom. The monoisotopic (exact) mass is 262 g/mol. The van der Waals surface area contributed by atoms with Crippen molar-refractivity contribution in [2.45, 2.75) is 32.4 Å². The highest BCUT2D eigenvalue weighted by Crippen LogP contribution is 2.32. The van der Waals surface area contributed by atoms with Gasteiger partial charge < -0.3 is 10.8 Å². The van der Waals surface area contributed by atoms with E-state index in [1.807, 2.05) is 26.0 Å². The minimum Gasteiger partial charge on any atom is -0.480 e. The van der Waals surface area contributed by atoms with Crippen molar-refractivity contribution in [1.29, 1.82) is 0 Å². The SMILES string of the molecule is CC(C)[C@@H](N)C(=O)N1c2ccccc2C[C@H]1C(=O)O. The van der Waals surface area contributed by atoms with E-state index in [2.05, 4.69) is 0 Å². The molecule has 0 bridgehead atoms. The Labute approximate surface area is 112 Å². The largest absolute Gasteiger partial charge is 0.480 e. The Bertz CT molecular complexity index is 513. The Kier molecular flexibility index (Phi) is 3.57. The smallest absolute Gasteiger partial charge is 0.327 e. The second-order valence-corrected chi connectivity index (χ2v) is 5.16. The molecule has 1 aliphatic heterocycles. The molecule has 5 heteroatoms. The summed E-state index contributed by atoms with van der Waals surface area (Å²) in [7, 11) is 0. The van der Waals surface area contributed by atoms with Crippen LogP contribution in [0.5, 0.6) is 0 Å². The van der Waals surface area contributed by atoms with E-state index in [-0.39, 0.29) is 11.8 Å². The van der Waals surface area contributed by atoms with Crippen molar-refractivity contribution in [2.24, 2.45) is 11.7 Å². The fourth-order valence-corrected chi connectivity index (χ4v) is 2.30. The third kappa shape index (κ3) is 2.33. The van der Waals surface area contributed by atoms with Crippen LogP contribution in [0.25, 0.3) is 0 Å². The Hall–Kier alpha value is -1.88. The molecular weight excluding hydrogens is 244 g/mol. The molecule has 1 aromatic rings. The van der Waals surface area contributed by atoms with Crippen LogP contribution in [0.4, 0.5) is 5.69 Å². The molecule has 0 spiro atoms. The van der Waals surface area contributed by atoms with Gasteiger partial charge in [0.2, 0.25) is 5.91 Å². The first-order chi connectivity index (χ1) is 8.93. The van der Waals surface area contributed by atoms with Crippen molar-refractivity contribution in [2.75, 3.05) is 4.90 Å². The van der Waals surface area contributed by atoms with E-state index >= 15 is 0 Å². The standard InChI is InChI=1S/C14H18N2O3/c1-8(2)12(15)13(17)16-10-6-4-3-5-9(10)7-11(16)14(18)19/h3-6,8,11-12H,7,15H2,1-2H3,(H,18,19)/t11-,12+/m0/s1. The van der Waals surface area contributed by atoms with E-state index in [1.54, 1.807) is 12.1 Å². The Balaban J connectivity index is 2.39. The van der Waals surface area contributed by atoms with Crippen molar-refractivity contribution < 1.29 is 14.7 Å². The van der Waals surface area contributed by atoms with Crippen molar-refractivity contribution in [1.82, 2.24) is 0 Å². The molecule has 0 saturated carbocycles. The number of carboxylic acids is 1. The van der Waals surface area contributed by atoms with Gasteiger partial charge in [-0.15, -0.1) is 0 Å². The van der Waals surface area contributed by atoms with Gasteiger partial charge in [-0.25, -0.2) is 4.79 Å². The average molecular weight is 262 g/mol. The molecule has 1 heterocycles. The van der Waals surface area contributed by atoms with E-state index in [0.29, 0.717) is 12.1 Å². The van der Waals surface area contributed by atoms with Crippen LogP contribution in [0, 0.1) is 5.92 Å². The lowest BCUT2D eigenvalue weighted by Crippen LogP contribution is -2.51. The highest BCUT2D eigenvalue weighted by Gasteiger charge is 2.40. The number of hydrogen-bond donors (Lipinski definition) is 2. The number of amides is 1. The summed E-state index contributed by atoms with van der Waals surface area (Å²) in [6.45, 7) is 3.70. The molecular formula is C14H18N2O3. The number of aliphatic carboxylic acids is 1. The number of rotatable bonds is 3. The van der Waals surface area contributed by atoms with Gasteiger partial charge in [0.1, 0.15) is 6.04 Å². The van der Waals surface area contributed by atoms with Crippen molar-refractivity contribution in [3.05, 3.63) is 29.8 Å². The van der Waals surface area contributed by atoms with E-state index in [4.69, 9.17) is 5.73 Å². The minimum absolute atomic E-state index is 0.0327. The van der Waals surface area contributed by atoms with Crippen LogP contribution < -0.4 is 10.6 Å². The number of carbonyl (C=O) groups is 2. The molecule has 2 rings (SSSR count). The van der Waals surface area contributed by atoms with Crippen molar-refractivity contribution in [3.63, 3.8) is 0 Å². The van der Waals surface area contributed by atoms with Crippen LogP contribution >= 0.6 is 0 Å². The summed E-state index contributed by atoms with van der Waals surface area (Å²) in [4.78, 5) is 25.1. The van der Waals surface area contributed by atoms with Gasteiger partial charge in [0.15, 0.2) is 0 Å². The molecule has 2 atom stereocenters. The molecule has 0 unspecified atom stereocenters. The van der Waals surface area contributed by atoms with Gasteiger partial charge in [-0.1, -0.05) is 32.0 Å². The van der Waals surface area contributed by atoms with Crippen LogP contribution in [0.3, 0.4) is 0 Å². The molecule has 1 amide bonds. The molecule has 1 aromatic carbocycles. The van der Waals surface area contributed by atoms with Crippen molar-refractivity contribution >= 4 is 17.6 Å². The number of fused-ring (bicyclic) bond motifs is 1. The first-order valence-electron chi connectivity index (χ1n) is 6.33. The number of para-hydroxylation sites is 1. The van der Waals surface area contributed by atoms with Crippen LogP contribution in [0.1, 0.15) is 19.4 Å².